The predicted octanol–water partition coefficient (Wildman–Crippen LogP) is 3.82. The van der Waals surface area contributed by atoms with Crippen molar-refractivity contribution >= 4 is 17.5 Å². The lowest BCUT2D eigenvalue weighted by atomic mass is 10.1. The summed E-state index contributed by atoms with van der Waals surface area (Å²) in [5, 5.41) is 3.77. The largest absolute Gasteiger partial charge is 0.468 e. The molecule has 1 aromatic heterocycles. The summed E-state index contributed by atoms with van der Waals surface area (Å²) < 4.78 is 5.58. The summed E-state index contributed by atoms with van der Waals surface area (Å²) in [7, 11) is 0. The quantitative estimate of drug-likeness (QED) is 0.829. The molecule has 1 unspecified atom stereocenters. The van der Waals surface area contributed by atoms with Crippen LogP contribution >= 0.6 is 11.6 Å². The van der Waals surface area contributed by atoms with Crippen LogP contribution in [0.5, 0.6) is 0 Å². The Bertz CT molecular complexity index is 651. The molecule has 2 aromatic rings. The molecule has 0 aliphatic carbocycles. The molecule has 0 radical (unpaired) electrons. The Balaban J connectivity index is 1.51. The number of nitrogens with zero attached hydrogens (tertiary/aromatic N) is 1. The minimum absolute atomic E-state index is 0.0609. The van der Waals surface area contributed by atoms with Crippen molar-refractivity contribution in [3.8, 4) is 0 Å². The molecule has 4 nitrogen and oxygen atoms in total. The number of furan rings is 1. The first-order chi connectivity index (χ1) is 11.7. The Morgan fingerprint density at radius 2 is 2.08 bits per heavy atom. The lowest BCUT2D eigenvalue weighted by molar-refractivity contribution is -0.121. The van der Waals surface area contributed by atoms with Crippen LogP contribution in [0.15, 0.2) is 47.1 Å². The number of hydrogen-bond acceptors (Lipinski definition) is 3. The number of carbonyl (C=O) groups excluding carboxylic acids is 1. The van der Waals surface area contributed by atoms with Crippen molar-refractivity contribution < 1.29 is 9.21 Å². The van der Waals surface area contributed by atoms with Crippen molar-refractivity contribution in [2.75, 3.05) is 19.6 Å². The van der Waals surface area contributed by atoms with E-state index >= 15 is 0 Å². The summed E-state index contributed by atoms with van der Waals surface area (Å²) in [4.78, 5) is 14.6. The number of benzene rings is 1. The highest BCUT2D eigenvalue weighted by Crippen LogP contribution is 2.24. The van der Waals surface area contributed by atoms with Gasteiger partial charge < -0.3 is 9.73 Å². The molecule has 24 heavy (non-hydrogen) atoms. The van der Waals surface area contributed by atoms with Crippen molar-refractivity contribution in [3.05, 3.63) is 59.0 Å². The maximum Gasteiger partial charge on any atom is 0.220 e. The van der Waals surface area contributed by atoms with Crippen LogP contribution in [0.1, 0.15) is 36.6 Å². The van der Waals surface area contributed by atoms with Gasteiger partial charge in [0.05, 0.1) is 12.3 Å². The highest BCUT2D eigenvalue weighted by molar-refractivity contribution is 6.30. The minimum atomic E-state index is 0.0609. The molecular formula is C19H23ClN2O2. The molecular weight excluding hydrogens is 324 g/mol. The van der Waals surface area contributed by atoms with Crippen LogP contribution < -0.4 is 5.32 Å². The zero-order valence-corrected chi connectivity index (χ0v) is 14.5. The van der Waals surface area contributed by atoms with Gasteiger partial charge in [-0.15, -0.1) is 0 Å². The third-order valence-corrected chi connectivity index (χ3v) is 4.71. The molecule has 1 N–H and O–H groups in total. The molecule has 0 spiro atoms. The van der Waals surface area contributed by atoms with Gasteiger partial charge >= 0.3 is 0 Å². The number of carbonyl (C=O) groups is 1. The smallest absolute Gasteiger partial charge is 0.220 e. The van der Waals surface area contributed by atoms with Crippen LogP contribution in [0.25, 0.3) is 0 Å². The van der Waals surface area contributed by atoms with Crippen LogP contribution in [-0.2, 0) is 11.2 Å². The molecule has 0 bridgehead atoms. The van der Waals surface area contributed by atoms with Gasteiger partial charge in [-0.05, 0) is 62.2 Å². The Morgan fingerprint density at radius 3 is 2.79 bits per heavy atom. The number of nitrogens with one attached hydrogen (secondary N) is 1. The van der Waals surface area contributed by atoms with Gasteiger partial charge in [0.1, 0.15) is 5.76 Å². The molecule has 1 amide bonds. The van der Waals surface area contributed by atoms with Gasteiger partial charge in [0.2, 0.25) is 5.91 Å². The lowest BCUT2D eigenvalue weighted by Gasteiger charge is -2.26. The van der Waals surface area contributed by atoms with E-state index in [2.05, 4.69) is 10.2 Å². The average Bonchev–Trinajstić information content (AvgIpc) is 3.27. The third kappa shape index (κ3) is 4.62. The molecule has 0 saturated carbocycles. The third-order valence-electron chi connectivity index (χ3n) is 4.48. The molecule has 3 rings (SSSR count). The van der Waals surface area contributed by atoms with Crippen LogP contribution in [0.2, 0.25) is 5.02 Å². The molecule has 1 atom stereocenters. The van der Waals surface area contributed by atoms with Crippen LogP contribution in [-0.4, -0.2) is 30.4 Å². The number of likely N-dealkylation sites (tertiary alicyclic amines) is 1. The van der Waals surface area contributed by atoms with Crippen LogP contribution in [0.3, 0.4) is 0 Å². The SMILES string of the molecule is O=C(CCc1cccc(Cl)c1)NCC(c1ccco1)N1CCCC1. The van der Waals surface area contributed by atoms with Gasteiger partial charge in [-0.2, -0.15) is 0 Å². The predicted molar refractivity (Wildman–Crippen MR) is 95.0 cm³/mol. The second-order valence-corrected chi connectivity index (χ2v) is 6.64. The molecule has 1 aliphatic rings. The first kappa shape index (κ1) is 17.1. The summed E-state index contributed by atoms with van der Waals surface area (Å²) in [5.74, 6) is 0.984. The van der Waals surface area contributed by atoms with Crippen molar-refractivity contribution in [1.82, 2.24) is 10.2 Å². The van der Waals surface area contributed by atoms with E-state index in [0.717, 1.165) is 24.4 Å². The summed E-state index contributed by atoms with van der Waals surface area (Å²) in [6.45, 7) is 2.70. The number of amides is 1. The monoisotopic (exact) mass is 346 g/mol. The molecule has 1 aliphatic heterocycles. The van der Waals surface area contributed by atoms with E-state index in [9.17, 15) is 4.79 Å². The average molecular weight is 347 g/mol. The van der Waals surface area contributed by atoms with Gasteiger partial charge in [0.25, 0.3) is 0 Å². The van der Waals surface area contributed by atoms with E-state index < -0.39 is 0 Å². The van der Waals surface area contributed by atoms with E-state index in [1.54, 1.807) is 6.26 Å². The number of rotatable bonds is 7. The molecule has 128 valence electrons. The fourth-order valence-corrected chi connectivity index (χ4v) is 3.41. The zero-order chi connectivity index (χ0) is 16.8. The lowest BCUT2D eigenvalue weighted by Crippen LogP contribution is -2.36. The van der Waals surface area contributed by atoms with Gasteiger partial charge in [-0.1, -0.05) is 23.7 Å². The van der Waals surface area contributed by atoms with Crippen LogP contribution in [0.4, 0.5) is 0 Å². The van der Waals surface area contributed by atoms with Crippen molar-refractivity contribution in [3.63, 3.8) is 0 Å². The zero-order valence-electron chi connectivity index (χ0n) is 13.7. The topological polar surface area (TPSA) is 45.5 Å². The first-order valence-electron chi connectivity index (χ1n) is 8.51. The molecule has 1 saturated heterocycles. The first-order valence-corrected chi connectivity index (χ1v) is 8.89. The maximum absolute atomic E-state index is 12.2. The molecule has 5 heteroatoms. The maximum atomic E-state index is 12.2. The normalized spacial score (nSPS) is 16.2. The number of hydrogen-bond donors (Lipinski definition) is 1. The number of halogens is 1. The van der Waals surface area contributed by atoms with Crippen molar-refractivity contribution in [2.24, 2.45) is 0 Å². The van der Waals surface area contributed by atoms with E-state index in [1.807, 2.05) is 36.4 Å². The van der Waals surface area contributed by atoms with E-state index in [-0.39, 0.29) is 11.9 Å². The fourth-order valence-electron chi connectivity index (χ4n) is 3.19. The van der Waals surface area contributed by atoms with E-state index in [1.165, 1.54) is 12.8 Å². The summed E-state index contributed by atoms with van der Waals surface area (Å²) in [6.07, 6.45) is 5.27. The number of aryl methyl sites for hydroxylation is 1. The molecule has 1 fully saturated rings. The Kier molecular flexibility index (Phi) is 5.94. The standard InChI is InChI=1S/C19H23ClN2O2/c20-16-6-3-5-15(13-16)8-9-19(23)21-14-17(18-7-4-12-24-18)22-10-1-2-11-22/h3-7,12-13,17H,1-2,8-11,14H2,(H,21,23). The van der Waals surface area contributed by atoms with Gasteiger partial charge in [-0.25, -0.2) is 0 Å². The fraction of sp³-hybridized carbons (Fsp3) is 0.421. The Hall–Kier alpha value is -1.78. The van der Waals surface area contributed by atoms with Gasteiger partial charge in [0.15, 0.2) is 0 Å². The second-order valence-electron chi connectivity index (χ2n) is 6.21. The summed E-state index contributed by atoms with van der Waals surface area (Å²) >= 11 is 5.98. The second kappa shape index (κ2) is 8.36. The Labute approximate surface area is 147 Å². The highest BCUT2D eigenvalue weighted by atomic mass is 35.5. The van der Waals surface area contributed by atoms with E-state index in [0.29, 0.717) is 24.4 Å². The van der Waals surface area contributed by atoms with Crippen LogP contribution in [0, 0.1) is 0 Å². The molecule has 1 aromatic carbocycles. The molecule has 2 heterocycles. The van der Waals surface area contributed by atoms with Crippen molar-refractivity contribution in [2.45, 2.75) is 31.7 Å². The minimum Gasteiger partial charge on any atom is -0.468 e. The van der Waals surface area contributed by atoms with E-state index in [4.69, 9.17) is 16.0 Å². The van der Waals surface area contributed by atoms with Gasteiger partial charge in [-0.3, -0.25) is 9.69 Å². The highest BCUT2D eigenvalue weighted by Gasteiger charge is 2.25. The summed E-state index contributed by atoms with van der Waals surface area (Å²) in [5.41, 5.74) is 1.08. The summed E-state index contributed by atoms with van der Waals surface area (Å²) in [6, 6.07) is 11.7. The Morgan fingerprint density at radius 1 is 1.25 bits per heavy atom. The van der Waals surface area contributed by atoms with Crippen molar-refractivity contribution in [1.29, 1.82) is 0 Å². The van der Waals surface area contributed by atoms with Gasteiger partial charge in [0, 0.05) is 18.0 Å².